The Balaban J connectivity index is 2.54. The Bertz CT molecular complexity index is 454. The Morgan fingerprint density at radius 3 is 2.83 bits per heavy atom. The second-order valence-corrected chi connectivity index (χ2v) is 4.42. The third-order valence-corrected chi connectivity index (χ3v) is 2.38. The van der Waals surface area contributed by atoms with Crippen LogP contribution in [0.1, 0.15) is 20.8 Å². The maximum absolute atomic E-state index is 11.8. The summed E-state index contributed by atoms with van der Waals surface area (Å²) in [5.74, 6) is 0.469. The van der Waals surface area contributed by atoms with Crippen LogP contribution < -0.4 is 16.2 Å². The van der Waals surface area contributed by atoms with Crippen molar-refractivity contribution in [1.29, 1.82) is 0 Å². The first kappa shape index (κ1) is 14.2. The van der Waals surface area contributed by atoms with Gasteiger partial charge in [-0.3, -0.25) is 9.59 Å². The van der Waals surface area contributed by atoms with Crippen molar-refractivity contribution >= 4 is 11.7 Å². The highest BCUT2D eigenvalue weighted by molar-refractivity contribution is 5.80. The van der Waals surface area contributed by atoms with Crippen LogP contribution in [-0.2, 0) is 11.3 Å². The summed E-state index contributed by atoms with van der Waals surface area (Å²) in [5.41, 5.74) is -0.211. The molecule has 0 bridgehead atoms. The van der Waals surface area contributed by atoms with Crippen molar-refractivity contribution in [2.24, 2.45) is 5.92 Å². The van der Waals surface area contributed by atoms with E-state index in [-0.39, 0.29) is 23.8 Å². The highest BCUT2D eigenvalue weighted by Gasteiger charge is 2.06. The Kier molecular flexibility index (Phi) is 5.35. The Morgan fingerprint density at radius 1 is 1.50 bits per heavy atom. The van der Waals surface area contributed by atoms with Gasteiger partial charge in [0.1, 0.15) is 0 Å². The fraction of sp³-hybridized carbons (Fsp3) is 0.583. The molecule has 0 fully saturated rings. The predicted octanol–water partition coefficient (Wildman–Crippen LogP) is 0.447. The van der Waals surface area contributed by atoms with Crippen molar-refractivity contribution < 1.29 is 4.79 Å². The monoisotopic (exact) mass is 252 g/mol. The van der Waals surface area contributed by atoms with Gasteiger partial charge in [-0.1, -0.05) is 13.8 Å². The molecule has 1 aromatic rings. The van der Waals surface area contributed by atoms with Crippen molar-refractivity contribution in [3.05, 3.63) is 22.7 Å². The van der Waals surface area contributed by atoms with E-state index >= 15 is 0 Å². The zero-order chi connectivity index (χ0) is 13.5. The van der Waals surface area contributed by atoms with Gasteiger partial charge in [-0.25, -0.2) is 4.98 Å². The summed E-state index contributed by atoms with van der Waals surface area (Å²) in [5, 5.41) is 5.52. The zero-order valence-corrected chi connectivity index (χ0v) is 11.1. The van der Waals surface area contributed by atoms with Gasteiger partial charge in [0.15, 0.2) is 5.82 Å². The molecule has 0 spiro atoms. The maximum Gasteiger partial charge on any atom is 0.293 e. The van der Waals surface area contributed by atoms with E-state index in [2.05, 4.69) is 15.6 Å². The van der Waals surface area contributed by atoms with E-state index in [0.29, 0.717) is 19.0 Å². The molecule has 0 saturated carbocycles. The lowest BCUT2D eigenvalue weighted by Gasteiger charge is -2.09. The molecule has 0 aliphatic carbocycles. The number of hydrogen-bond acceptors (Lipinski definition) is 4. The Morgan fingerprint density at radius 2 is 2.22 bits per heavy atom. The first-order valence-corrected chi connectivity index (χ1v) is 6.10. The molecular weight excluding hydrogens is 232 g/mol. The second-order valence-electron chi connectivity index (χ2n) is 4.42. The SMILES string of the molecule is CCn1ccnc(NCC(=O)NCC(C)C)c1=O. The van der Waals surface area contributed by atoms with E-state index in [1.807, 2.05) is 20.8 Å². The summed E-state index contributed by atoms with van der Waals surface area (Å²) < 4.78 is 1.53. The Labute approximate surface area is 106 Å². The lowest BCUT2D eigenvalue weighted by atomic mass is 10.2. The minimum Gasteiger partial charge on any atom is -0.356 e. The summed E-state index contributed by atoms with van der Waals surface area (Å²) in [4.78, 5) is 27.2. The molecule has 6 nitrogen and oxygen atoms in total. The number of nitrogens with zero attached hydrogens (tertiary/aromatic N) is 2. The van der Waals surface area contributed by atoms with Gasteiger partial charge in [0.25, 0.3) is 5.56 Å². The van der Waals surface area contributed by atoms with Crippen LogP contribution in [0.3, 0.4) is 0 Å². The number of aromatic nitrogens is 2. The second kappa shape index (κ2) is 6.78. The lowest BCUT2D eigenvalue weighted by molar-refractivity contribution is -0.119. The lowest BCUT2D eigenvalue weighted by Crippen LogP contribution is -2.34. The molecule has 1 amide bonds. The van der Waals surface area contributed by atoms with E-state index in [1.165, 1.54) is 4.57 Å². The summed E-state index contributed by atoms with van der Waals surface area (Å²) >= 11 is 0. The van der Waals surface area contributed by atoms with Crippen LogP contribution in [0.15, 0.2) is 17.2 Å². The number of amides is 1. The van der Waals surface area contributed by atoms with Crippen molar-refractivity contribution in [3.8, 4) is 0 Å². The predicted molar refractivity (Wildman–Crippen MR) is 70.5 cm³/mol. The van der Waals surface area contributed by atoms with Crippen molar-refractivity contribution in [2.45, 2.75) is 27.3 Å². The highest BCUT2D eigenvalue weighted by Crippen LogP contribution is 1.92. The van der Waals surface area contributed by atoms with Gasteiger partial charge in [0.05, 0.1) is 6.54 Å². The third kappa shape index (κ3) is 4.20. The molecule has 0 saturated heterocycles. The molecule has 18 heavy (non-hydrogen) atoms. The minimum absolute atomic E-state index is 0.0582. The van der Waals surface area contributed by atoms with Gasteiger partial charge in [0.2, 0.25) is 5.91 Å². The number of nitrogens with one attached hydrogen (secondary N) is 2. The third-order valence-electron chi connectivity index (χ3n) is 2.38. The molecule has 2 N–H and O–H groups in total. The van der Waals surface area contributed by atoms with Crippen molar-refractivity contribution in [3.63, 3.8) is 0 Å². The highest BCUT2D eigenvalue weighted by atomic mass is 16.2. The van der Waals surface area contributed by atoms with Crippen LogP contribution in [0.25, 0.3) is 0 Å². The quantitative estimate of drug-likeness (QED) is 0.770. The molecule has 0 radical (unpaired) electrons. The van der Waals surface area contributed by atoms with Crippen LogP contribution in [0, 0.1) is 5.92 Å². The molecule has 0 aliphatic rings. The van der Waals surface area contributed by atoms with Gasteiger partial charge in [-0.2, -0.15) is 0 Å². The minimum atomic E-state index is -0.211. The summed E-state index contributed by atoms with van der Waals surface area (Å²) in [6.07, 6.45) is 3.16. The first-order valence-electron chi connectivity index (χ1n) is 6.10. The summed E-state index contributed by atoms with van der Waals surface area (Å²) in [6.45, 7) is 7.18. The van der Waals surface area contributed by atoms with Gasteiger partial charge >= 0.3 is 0 Å². The van der Waals surface area contributed by atoms with E-state index in [1.54, 1.807) is 12.4 Å². The average molecular weight is 252 g/mol. The molecule has 100 valence electrons. The number of aryl methyl sites for hydroxylation is 1. The van der Waals surface area contributed by atoms with Gasteiger partial charge in [-0.15, -0.1) is 0 Å². The van der Waals surface area contributed by atoms with Gasteiger partial charge in [0, 0.05) is 25.5 Å². The van der Waals surface area contributed by atoms with Crippen molar-refractivity contribution in [1.82, 2.24) is 14.9 Å². The topological polar surface area (TPSA) is 76.0 Å². The smallest absolute Gasteiger partial charge is 0.293 e. The van der Waals surface area contributed by atoms with Gasteiger partial charge < -0.3 is 15.2 Å². The molecule has 1 rings (SSSR count). The number of carbonyl (C=O) groups is 1. The first-order chi connectivity index (χ1) is 8.54. The number of anilines is 1. The molecule has 0 aromatic carbocycles. The van der Waals surface area contributed by atoms with Crippen molar-refractivity contribution in [2.75, 3.05) is 18.4 Å². The van der Waals surface area contributed by atoms with E-state index < -0.39 is 0 Å². The van der Waals surface area contributed by atoms with Crippen LogP contribution >= 0.6 is 0 Å². The number of carbonyl (C=O) groups excluding carboxylic acids is 1. The van der Waals surface area contributed by atoms with Crippen LogP contribution in [0.2, 0.25) is 0 Å². The fourth-order valence-electron chi connectivity index (χ4n) is 1.36. The van der Waals surface area contributed by atoms with E-state index in [9.17, 15) is 9.59 Å². The molecular formula is C12H20N4O2. The van der Waals surface area contributed by atoms with Crippen LogP contribution in [-0.4, -0.2) is 28.5 Å². The maximum atomic E-state index is 11.8. The normalized spacial score (nSPS) is 10.4. The molecule has 0 atom stereocenters. The molecule has 1 heterocycles. The molecule has 0 aliphatic heterocycles. The Hall–Kier alpha value is -1.85. The van der Waals surface area contributed by atoms with Crippen LogP contribution in [0.5, 0.6) is 0 Å². The molecule has 6 heteroatoms. The number of rotatable bonds is 6. The summed E-state index contributed by atoms with van der Waals surface area (Å²) in [7, 11) is 0. The summed E-state index contributed by atoms with van der Waals surface area (Å²) in [6, 6.07) is 0. The number of hydrogen-bond donors (Lipinski definition) is 2. The van der Waals surface area contributed by atoms with Crippen LogP contribution in [0.4, 0.5) is 5.82 Å². The van der Waals surface area contributed by atoms with E-state index in [0.717, 1.165) is 0 Å². The largest absolute Gasteiger partial charge is 0.356 e. The zero-order valence-electron chi connectivity index (χ0n) is 11.1. The molecule has 1 aromatic heterocycles. The standard InChI is InChI=1S/C12H20N4O2/c1-4-16-6-5-13-11(12(16)18)15-8-10(17)14-7-9(2)3/h5-6,9H,4,7-8H2,1-3H3,(H,13,15)(H,14,17). The van der Waals surface area contributed by atoms with Gasteiger partial charge in [-0.05, 0) is 12.8 Å². The average Bonchev–Trinajstić information content (AvgIpc) is 2.35. The van der Waals surface area contributed by atoms with E-state index in [4.69, 9.17) is 0 Å². The molecule has 0 unspecified atom stereocenters. The fourth-order valence-corrected chi connectivity index (χ4v) is 1.36.